The molecule has 4 N–H and O–H groups in total. The zero-order valence-corrected chi connectivity index (χ0v) is 15.7. The van der Waals surface area contributed by atoms with Crippen LogP contribution >= 0.6 is 0 Å². The minimum Gasteiger partial charge on any atom is -0.359 e. The molecule has 0 unspecified atom stereocenters. The third kappa shape index (κ3) is 2.63. The molecule has 1 spiro atoms. The Morgan fingerprint density at radius 1 is 1.21 bits per heavy atom. The van der Waals surface area contributed by atoms with Gasteiger partial charge in [0.15, 0.2) is 5.78 Å². The molecule has 1 fully saturated rings. The van der Waals surface area contributed by atoms with Gasteiger partial charge in [-0.3, -0.25) is 14.7 Å². The van der Waals surface area contributed by atoms with Crippen molar-refractivity contribution in [1.82, 2.24) is 25.5 Å². The number of fused-ring (bicyclic) bond motifs is 2. The lowest BCUT2D eigenvalue weighted by Gasteiger charge is -2.39. The van der Waals surface area contributed by atoms with Crippen molar-refractivity contribution in [3.05, 3.63) is 40.7 Å². The van der Waals surface area contributed by atoms with E-state index in [0.717, 1.165) is 48.9 Å². The zero-order chi connectivity index (χ0) is 19.3. The third-order valence-corrected chi connectivity index (χ3v) is 6.09. The first-order valence-corrected chi connectivity index (χ1v) is 9.62. The van der Waals surface area contributed by atoms with Gasteiger partial charge < -0.3 is 15.6 Å². The Kier molecular flexibility index (Phi) is 3.83. The fraction of sp³-hybridized carbons (Fsp3) is 0.400. The Hall–Kier alpha value is -3.00. The molecule has 0 radical (unpaired) electrons. The first-order chi connectivity index (χ1) is 13.6. The number of H-pyrrole nitrogens is 2. The zero-order valence-electron chi connectivity index (χ0n) is 15.7. The van der Waals surface area contributed by atoms with Crippen LogP contribution in [0.15, 0.2) is 18.2 Å². The van der Waals surface area contributed by atoms with Crippen LogP contribution in [0.2, 0.25) is 0 Å². The number of carbonyl (C=O) groups excluding carboxylic acids is 2. The monoisotopic (exact) mass is 378 g/mol. The summed E-state index contributed by atoms with van der Waals surface area (Å²) in [5.74, 6) is 0.549. The van der Waals surface area contributed by atoms with Gasteiger partial charge in [0.05, 0.1) is 11.0 Å². The Balaban J connectivity index is 1.52. The number of imidazole rings is 1. The topological polar surface area (TPSA) is 116 Å². The molecule has 0 amide bonds. The SMILES string of the molecule is CNc1nc2ccc(C(=O)c3[nH]nc4c3CC3(CCNCC3)CC4=O)cc2[nH]1. The highest BCUT2D eigenvalue weighted by Gasteiger charge is 2.42. The van der Waals surface area contributed by atoms with Gasteiger partial charge in [0, 0.05) is 24.6 Å². The maximum Gasteiger partial charge on any atom is 0.211 e. The summed E-state index contributed by atoms with van der Waals surface area (Å²) in [5, 5.41) is 13.4. The number of aromatic amines is 2. The van der Waals surface area contributed by atoms with E-state index < -0.39 is 0 Å². The molecule has 28 heavy (non-hydrogen) atoms. The van der Waals surface area contributed by atoms with Crippen LogP contribution in [0.25, 0.3) is 11.0 Å². The van der Waals surface area contributed by atoms with E-state index in [1.54, 1.807) is 19.2 Å². The van der Waals surface area contributed by atoms with Crippen LogP contribution in [0, 0.1) is 5.41 Å². The Labute approximate surface area is 161 Å². The lowest BCUT2D eigenvalue weighted by atomic mass is 9.67. The minimum absolute atomic E-state index is 0.0427. The molecule has 5 rings (SSSR count). The lowest BCUT2D eigenvalue weighted by molar-refractivity contribution is 0.0830. The normalized spacial score (nSPS) is 18.4. The summed E-state index contributed by atoms with van der Waals surface area (Å²) in [5.41, 5.74) is 3.72. The largest absolute Gasteiger partial charge is 0.359 e. The Morgan fingerprint density at radius 3 is 2.82 bits per heavy atom. The standard InChI is InChI=1S/C20H22N6O2/c1-21-19-23-13-3-2-11(8-14(13)24-19)18(28)17-12-9-20(4-6-22-7-5-20)10-15(27)16(12)25-26-17/h2-3,8,22H,4-7,9-10H2,1H3,(H,25,26)(H2,21,23,24). The molecular weight excluding hydrogens is 356 g/mol. The average molecular weight is 378 g/mol. The van der Waals surface area contributed by atoms with Crippen molar-refractivity contribution in [2.75, 3.05) is 25.5 Å². The number of hydrogen-bond acceptors (Lipinski definition) is 6. The van der Waals surface area contributed by atoms with E-state index >= 15 is 0 Å². The van der Waals surface area contributed by atoms with Crippen LogP contribution in [0.5, 0.6) is 0 Å². The van der Waals surface area contributed by atoms with Gasteiger partial charge in [-0.1, -0.05) is 0 Å². The van der Waals surface area contributed by atoms with E-state index in [0.29, 0.717) is 29.3 Å². The van der Waals surface area contributed by atoms with Crippen molar-refractivity contribution >= 4 is 28.5 Å². The first-order valence-electron chi connectivity index (χ1n) is 9.62. The van der Waals surface area contributed by atoms with E-state index in [1.165, 1.54) is 0 Å². The fourth-order valence-corrected chi connectivity index (χ4v) is 4.54. The number of carbonyl (C=O) groups is 2. The van der Waals surface area contributed by atoms with Gasteiger partial charge in [-0.05, 0) is 56.0 Å². The van der Waals surface area contributed by atoms with E-state index in [4.69, 9.17) is 0 Å². The molecule has 0 saturated carbocycles. The molecule has 8 nitrogen and oxygen atoms in total. The van der Waals surface area contributed by atoms with Crippen molar-refractivity contribution in [1.29, 1.82) is 0 Å². The summed E-state index contributed by atoms with van der Waals surface area (Å²) in [6, 6.07) is 5.38. The molecule has 1 aliphatic heterocycles. The smallest absolute Gasteiger partial charge is 0.211 e. The van der Waals surface area contributed by atoms with Gasteiger partial charge >= 0.3 is 0 Å². The first kappa shape index (κ1) is 17.1. The van der Waals surface area contributed by atoms with Gasteiger partial charge in [0.1, 0.15) is 11.4 Å². The Bertz CT molecular complexity index is 1090. The second-order valence-corrected chi connectivity index (χ2v) is 7.85. The fourth-order valence-electron chi connectivity index (χ4n) is 4.54. The molecule has 1 aromatic carbocycles. The highest BCUT2D eigenvalue weighted by molar-refractivity contribution is 6.12. The summed E-state index contributed by atoms with van der Waals surface area (Å²) in [7, 11) is 1.79. The van der Waals surface area contributed by atoms with Crippen molar-refractivity contribution in [2.24, 2.45) is 5.41 Å². The number of nitrogens with one attached hydrogen (secondary N) is 4. The quantitative estimate of drug-likeness (QED) is 0.519. The molecule has 1 aliphatic carbocycles. The molecule has 2 aromatic heterocycles. The molecule has 0 atom stereocenters. The molecule has 1 saturated heterocycles. The van der Waals surface area contributed by atoms with E-state index in [9.17, 15) is 9.59 Å². The molecule has 2 aliphatic rings. The summed E-state index contributed by atoms with van der Waals surface area (Å²) >= 11 is 0. The number of anilines is 1. The van der Waals surface area contributed by atoms with Gasteiger partial charge in [0.25, 0.3) is 0 Å². The molecule has 8 heteroatoms. The van der Waals surface area contributed by atoms with Crippen LogP contribution in [-0.2, 0) is 6.42 Å². The van der Waals surface area contributed by atoms with Crippen LogP contribution in [0.3, 0.4) is 0 Å². The maximum atomic E-state index is 13.2. The van der Waals surface area contributed by atoms with Gasteiger partial charge in [-0.15, -0.1) is 0 Å². The number of benzene rings is 1. The average Bonchev–Trinajstić information content (AvgIpc) is 3.31. The van der Waals surface area contributed by atoms with Crippen molar-refractivity contribution < 1.29 is 9.59 Å². The van der Waals surface area contributed by atoms with Gasteiger partial charge in [-0.2, -0.15) is 5.10 Å². The summed E-state index contributed by atoms with van der Waals surface area (Å²) < 4.78 is 0. The Morgan fingerprint density at radius 2 is 2.04 bits per heavy atom. The minimum atomic E-state index is -0.143. The van der Waals surface area contributed by atoms with Gasteiger partial charge in [0.2, 0.25) is 11.7 Å². The van der Waals surface area contributed by atoms with Crippen LogP contribution in [-0.4, -0.2) is 51.9 Å². The number of rotatable bonds is 3. The molecule has 3 heterocycles. The number of Topliss-reactive ketones (excluding diaryl/α,β-unsaturated/α-hetero) is 1. The number of piperidine rings is 1. The van der Waals surface area contributed by atoms with Crippen LogP contribution in [0.1, 0.15) is 51.4 Å². The van der Waals surface area contributed by atoms with Crippen molar-refractivity contribution in [3.8, 4) is 0 Å². The summed E-state index contributed by atoms with van der Waals surface area (Å²) in [4.78, 5) is 33.5. The molecular formula is C20H22N6O2. The molecule has 0 bridgehead atoms. The second kappa shape index (κ2) is 6.27. The van der Waals surface area contributed by atoms with Crippen molar-refractivity contribution in [2.45, 2.75) is 25.7 Å². The van der Waals surface area contributed by atoms with Crippen LogP contribution < -0.4 is 10.6 Å². The predicted molar refractivity (Wildman–Crippen MR) is 105 cm³/mol. The third-order valence-electron chi connectivity index (χ3n) is 6.09. The summed E-state index contributed by atoms with van der Waals surface area (Å²) in [6.45, 7) is 1.82. The lowest BCUT2D eigenvalue weighted by Crippen LogP contribution is -2.42. The van der Waals surface area contributed by atoms with Crippen LogP contribution in [0.4, 0.5) is 5.95 Å². The number of nitrogens with zero attached hydrogens (tertiary/aromatic N) is 2. The summed E-state index contributed by atoms with van der Waals surface area (Å²) in [6.07, 6.45) is 3.14. The highest BCUT2D eigenvalue weighted by Crippen LogP contribution is 2.42. The maximum absolute atomic E-state index is 13.2. The van der Waals surface area contributed by atoms with E-state index in [2.05, 4.69) is 30.8 Å². The number of hydrogen-bond donors (Lipinski definition) is 4. The van der Waals surface area contributed by atoms with E-state index in [-0.39, 0.29) is 17.0 Å². The molecule has 144 valence electrons. The number of ketones is 2. The number of aromatic nitrogens is 4. The second-order valence-electron chi connectivity index (χ2n) is 7.85. The predicted octanol–water partition coefficient (Wildman–Crippen LogP) is 2.06. The van der Waals surface area contributed by atoms with Crippen molar-refractivity contribution in [3.63, 3.8) is 0 Å². The van der Waals surface area contributed by atoms with Gasteiger partial charge in [-0.25, -0.2) is 4.98 Å². The molecule has 3 aromatic rings. The van der Waals surface area contributed by atoms with E-state index in [1.807, 2.05) is 6.07 Å². The highest BCUT2D eigenvalue weighted by atomic mass is 16.1.